The van der Waals surface area contributed by atoms with Gasteiger partial charge in [0.2, 0.25) is 0 Å². The summed E-state index contributed by atoms with van der Waals surface area (Å²) < 4.78 is 47.2. The van der Waals surface area contributed by atoms with Gasteiger partial charge >= 0.3 is 6.18 Å². The van der Waals surface area contributed by atoms with Crippen molar-refractivity contribution in [2.45, 2.75) is 129 Å². The smallest absolute Gasteiger partial charge is 0.410 e. The minimum atomic E-state index is -4.43. The van der Waals surface area contributed by atoms with Crippen LogP contribution in [0.25, 0.3) is 5.57 Å². The Morgan fingerprint density at radius 1 is 1.05 bits per heavy atom. The predicted octanol–water partition coefficient (Wildman–Crippen LogP) is 10.3. The minimum absolute atomic E-state index is 0.00689. The lowest BCUT2D eigenvalue weighted by atomic mass is 9.70. The lowest BCUT2D eigenvalue weighted by molar-refractivity contribution is -0.137. The molecule has 3 nitrogen and oxygen atoms in total. The first-order chi connectivity index (χ1) is 18.8. The fourth-order valence-corrected chi connectivity index (χ4v) is 7.34. The highest BCUT2D eigenvalue weighted by molar-refractivity contribution is 6.74. The Balaban J connectivity index is 2.01. The Morgan fingerprint density at radius 2 is 1.68 bits per heavy atom. The summed E-state index contributed by atoms with van der Waals surface area (Å²) in [5, 5.41) is 12.0. The van der Waals surface area contributed by atoms with Crippen LogP contribution in [0.15, 0.2) is 30.3 Å². The molecular weight excluding hydrogens is 539 g/mol. The molecule has 0 saturated carbocycles. The minimum Gasteiger partial charge on any atom is -0.410 e. The third-order valence-electron chi connectivity index (χ3n) is 9.32. The number of hydrogen-bond acceptors (Lipinski definition) is 3. The molecule has 0 radical (unpaired) electrons. The second-order valence-corrected chi connectivity index (χ2v) is 19.5. The van der Waals surface area contributed by atoms with Crippen molar-refractivity contribution in [2.75, 3.05) is 0 Å². The van der Waals surface area contributed by atoms with Crippen LogP contribution in [0.5, 0.6) is 0 Å². The second kappa shape index (κ2) is 11.3. The van der Waals surface area contributed by atoms with Crippen LogP contribution in [0.4, 0.5) is 13.2 Å². The average Bonchev–Trinajstić information content (AvgIpc) is 2.85. The number of aliphatic hydroxyl groups excluding tert-OH is 1. The van der Waals surface area contributed by atoms with Crippen LogP contribution in [0.1, 0.15) is 138 Å². The predicted molar refractivity (Wildman–Crippen MR) is 163 cm³/mol. The fourth-order valence-electron chi connectivity index (χ4n) is 6.08. The van der Waals surface area contributed by atoms with Crippen molar-refractivity contribution >= 4 is 13.9 Å². The van der Waals surface area contributed by atoms with E-state index < -0.39 is 26.2 Å². The molecule has 1 aromatic heterocycles. The van der Waals surface area contributed by atoms with Gasteiger partial charge in [-0.2, -0.15) is 13.2 Å². The SMILES string of the molecule is CC(C)c1nc2c(c(C3=CCCCC3)c1C(O)c1ccc(C(F)(F)F)cc1)[C@@H](O[Si](C)(C)C(C)(C)C)CC(C)(C)C2. The summed E-state index contributed by atoms with van der Waals surface area (Å²) in [4.78, 5) is 5.28. The van der Waals surface area contributed by atoms with Crippen LogP contribution in [0.3, 0.4) is 0 Å². The van der Waals surface area contributed by atoms with E-state index in [0.717, 1.165) is 78.7 Å². The summed E-state index contributed by atoms with van der Waals surface area (Å²) >= 11 is 0. The number of aromatic nitrogens is 1. The maximum atomic E-state index is 13.3. The maximum Gasteiger partial charge on any atom is 0.416 e. The zero-order chi connectivity index (χ0) is 30.5. The Labute approximate surface area is 245 Å². The molecule has 0 bridgehead atoms. The number of alkyl halides is 3. The molecule has 1 unspecified atom stereocenters. The van der Waals surface area contributed by atoms with Crippen molar-refractivity contribution in [3.63, 3.8) is 0 Å². The average molecular weight is 588 g/mol. The van der Waals surface area contributed by atoms with Gasteiger partial charge in [-0.1, -0.05) is 66.7 Å². The van der Waals surface area contributed by atoms with Gasteiger partial charge in [0.05, 0.1) is 11.7 Å². The number of pyridine rings is 1. The van der Waals surface area contributed by atoms with E-state index in [-0.39, 0.29) is 22.5 Å². The molecule has 0 spiro atoms. The Morgan fingerprint density at radius 3 is 2.20 bits per heavy atom. The fraction of sp³-hybridized carbons (Fsp3) is 0.618. The first-order valence-corrected chi connectivity index (χ1v) is 18.0. The molecule has 0 fully saturated rings. The van der Waals surface area contributed by atoms with Crippen molar-refractivity contribution in [1.82, 2.24) is 4.98 Å². The van der Waals surface area contributed by atoms with Gasteiger partial charge in [0, 0.05) is 22.5 Å². The van der Waals surface area contributed by atoms with Crippen LogP contribution < -0.4 is 0 Å². The summed E-state index contributed by atoms with van der Waals surface area (Å²) in [5.41, 5.74) is 5.64. The third kappa shape index (κ3) is 6.67. The standard InChI is InChI=1S/C34H48F3NO2Si/c1-21(2)30-29(31(39)23-15-17-24(18-16-23)34(35,36)37)27(22-13-11-10-12-14-22)28-25(38-30)19-33(6,7)20-26(28)40-41(8,9)32(3,4)5/h13,15-18,21,26,31,39H,10-12,14,19-20H2,1-9H3/t26-,31?/m0/s1. The quantitative estimate of drug-likeness (QED) is 0.342. The van der Waals surface area contributed by atoms with Gasteiger partial charge in [0.1, 0.15) is 6.10 Å². The van der Waals surface area contributed by atoms with E-state index in [9.17, 15) is 18.3 Å². The summed E-state index contributed by atoms with van der Waals surface area (Å²) in [6.45, 7) is 20.0. The van der Waals surface area contributed by atoms with Gasteiger partial charge in [-0.05, 0) is 96.8 Å². The number of halogens is 3. The number of rotatable bonds is 6. The Bertz CT molecular complexity index is 1290. The van der Waals surface area contributed by atoms with Crippen LogP contribution >= 0.6 is 0 Å². The van der Waals surface area contributed by atoms with E-state index in [1.165, 1.54) is 17.7 Å². The summed E-state index contributed by atoms with van der Waals surface area (Å²) in [5.74, 6) is 0.0205. The topological polar surface area (TPSA) is 42.4 Å². The van der Waals surface area contributed by atoms with Gasteiger partial charge in [-0.3, -0.25) is 4.98 Å². The van der Waals surface area contributed by atoms with Crippen LogP contribution in [-0.4, -0.2) is 18.4 Å². The molecule has 7 heteroatoms. The molecule has 41 heavy (non-hydrogen) atoms. The molecule has 2 aliphatic rings. The van der Waals surface area contributed by atoms with E-state index in [4.69, 9.17) is 9.41 Å². The molecule has 0 aliphatic heterocycles. The number of allylic oxidation sites excluding steroid dienone is 2. The lowest BCUT2D eigenvalue weighted by Gasteiger charge is -2.45. The second-order valence-electron chi connectivity index (χ2n) is 14.7. The highest BCUT2D eigenvalue weighted by atomic mass is 28.4. The molecule has 4 rings (SSSR count). The summed E-state index contributed by atoms with van der Waals surface area (Å²) in [6.07, 6.45) is 2.33. The van der Waals surface area contributed by atoms with Gasteiger partial charge in [-0.25, -0.2) is 0 Å². The highest BCUT2D eigenvalue weighted by Gasteiger charge is 2.45. The zero-order valence-corrected chi connectivity index (χ0v) is 27.3. The first kappa shape index (κ1) is 32.0. The zero-order valence-electron chi connectivity index (χ0n) is 26.3. The molecule has 1 N–H and O–H groups in total. The van der Waals surface area contributed by atoms with Crippen LogP contribution in [0, 0.1) is 5.41 Å². The van der Waals surface area contributed by atoms with Crippen LogP contribution in [0.2, 0.25) is 18.1 Å². The van der Waals surface area contributed by atoms with Crippen molar-refractivity contribution < 1.29 is 22.7 Å². The van der Waals surface area contributed by atoms with Crippen molar-refractivity contribution in [1.29, 1.82) is 0 Å². The monoisotopic (exact) mass is 587 g/mol. The molecule has 1 heterocycles. The van der Waals surface area contributed by atoms with E-state index in [1.54, 1.807) is 0 Å². The molecule has 2 aliphatic carbocycles. The van der Waals surface area contributed by atoms with Crippen molar-refractivity contribution in [3.8, 4) is 0 Å². The van der Waals surface area contributed by atoms with E-state index in [1.807, 2.05) is 0 Å². The maximum absolute atomic E-state index is 13.3. The van der Waals surface area contributed by atoms with E-state index in [0.29, 0.717) is 5.56 Å². The normalized spacial score (nSPS) is 20.5. The molecule has 1 aromatic carbocycles. The Kier molecular flexibility index (Phi) is 8.79. The first-order valence-electron chi connectivity index (χ1n) is 15.1. The molecular formula is C34H48F3NO2Si. The summed E-state index contributed by atoms with van der Waals surface area (Å²) in [7, 11) is -2.18. The largest absolute Gasteiger partial charge is 0.416 e. The number of hydrogen-bond donors (Lipinski definition) is 1. The van der Waals surface area contributed by atoms with E-state index >= 15 is 0 Å². The highest BCUT2D eigenvalue weighted by Crippen LogP contribution is 2.52. The number of aliphatic hydroxyl groups is 1. The number of nitrogens with zero attached hydrogens (tertiary/aromatic N) is 1. The molecule has 2 aromatic rings. The Hall–Kier alpha value is -1.96. The van der Waals surface area contributed by atoms with Gasteiger partial charge in [0.25, 0.3) is 0 Å². The molecule has 2 atom stereocenters. The molecule has 226 valence electrons. The molecule has 0 amide bonds. The van der Waals surface area contributed by atoms with Crippen molar-refractivity contribution in [2.24, 2.45) is 5.41 Å². The van der Waals surface area contributed by atoms with E-state index in [2.05, 4.69) is 67.6 Å². The van der Waals surface area contributed by atoms with Gasteiger partial charge < -0.3 is 9.53 Å². The number of fused-ring (bicyclic) bond motifs is 1. The van der Waals surface area contributed by atoms with Gasteiger partial charge in [0.15, 0.2) is 8.32 Å². The summed E-state index contributed by atoms with van der Waals surface area (Å²) in [6, 6.07) is 4.93. The molecule has 0 saturated heterocycles. The lowest BCUT2D eigenvalue weighted by Crippen LogP contribution is -2.44. The van der Waals surface area contributed by atoms with Gasteiger partial charge in [-0.15, -0.1) is 0 Å². The number of benzene rings is 1. The third-order valence-corrected chi connectivity index (χ3v) is 13.8. The van der Waals surface area contributed by atoms with Crippen molar-refractivity contribution in [3.05, 3.63) is 69.5 Å². The van der Waals surface area contributed by atoms with Crippen LogP contribution in [-0.2, 0) is 17.0 Å².